The summed E-state index contributed by atoms with van der Waals surface area (Å²) in [6, 6.07) is 14.5. The molecule has 30 heavy (non-hydrogen) atoms. The fourth-order valence-electron chi connectivity index (χ4n) is 2.99. The molecule has 0 saturated carbocycles. The number of nitrogens with one attached hydrogen (secondary N) is 1. The molecule has 0 aliphatic rings. The minimum atomic E-state index is -1.01. The molecule has 0 aliphatic heterocycles. The van der Waals surface area contributed by atoms with Gasteiger partial charge in [0.05, 0.1) is 17.2 Å². The summed E-state index contributed by atoms with van der Waals surface area (Å²) in [6.07, 6.45) is 0.149. The molecule has 1 heterocycles. The summed E-state index contributed by atoms with van der Waals surface area (Å²) in [5.41, 5.74) is 2.48. The first kappa shape index (κ1) is 21.2. The monoisotopic (exact) mass is 407 g/mol. The number of carbonyl (C=O) groups is 2. The zero-order valence-corrected chi connectivity index (χ0v) is 17.5. The Labute approximate surface area is 174 Å². The van der Waals surface area contributed by atoms with E-state index in [1.165, 1.54) is 11.5 Å². The molecule has 0 fully saturated rings. The Bertz CT molecular complexity index is 1130. The maximum Gasteiger partial charge on any atom is 0.326 e. The predicted octanol–water partition coefficient (Wildman–Crippen LogP) is 3.26. The van der Waals surface area contributed by atoms with Crippen LogP contribution in [-0.2, 0) is 26.3 Å². The summed E-state index contributed by atoms with van der Waals surface area (Å²) < 4.78 is 6.52. The molecular weight excluding hydrogens is 382 g/mol. The van der Waals surface area contributed by atoms with E-state index in [0.717, 1.165) is 11.8 Å². The van der Waals surface area contributed by atoms with Crippen LogP contribution < -0.4 is 10.9 Å². The first-order chi connectivity index (χ1) is 14.1. The smallest absolute Gasteiger partial charge is 0.326 e. The van der Waals surface area contributed by atoms with E-state index < -0.39 is 23.5 Å². The van der Waals surface area contributed by atoms with Crippen LogP contribution in [-0.4, -0.2) is 27.5 Å². The number of fused-ring (bicyclic) bond motifs is 1. The molecule has 1 aromatic heterocycles. The molecule has 0 bridgehead atoms. The molecule has 0 saturated heterocycles. The fraction of sp³-hybridized carbons (Fsp3) is 0.304. The lowest BCUT2D eigenvalue weighted by Crippen LogP contribution is -2.33. The van der Waals surface area contributed by atoms with Crippen molar-refractivity contribution in [1.29, 1.82) is 0 Å². The number of esters is 1. The van der Waals surface area contributed by atoms with Gasteiger partial charge < -0.3 is 10.1 Å². The van der Waals surface area contributed by atoms with Gasteiger partial charge in [-0.05, 0) is 42.2 Å². The standard InChI is InChI=1S/C23H25N3O4/c1-15(22(29)25-17-11-9-16(10-12-17)23(2,3)4)30-21(28)14-26-19-8-6-5-7-18(19)24-13-20(26)27/h5-13,15H,14H2,1-4H3,(H,25,29). The van der Waals surface area contributed by atoms with Gasteiger partial charge in [-0.3, -0.25) is 19.0 Å². The van der Waals surface area contributed by atoms with Crippen molar-refractivity contribution in [1.82, 2.24) is 9.55 Å². The lowest BCUT2D eigenvalue weighted by Gasteiger charge is -2.19. The molecule has 1 atom stereocenters. The molecular formula is C23H25N3O4. The molecule has 1 amide bonds. The van der Waals surface area contributed by atoms with Crippen LogP contribution in [0.25, 0.3) is 11.0 Å². The normalized spacial score (nSPS) is 12.4. The number of benzene rings is 2. The van der Waals surface area contributed by atoms with Crippen LogP contribution in [0.1, 0.15) is 33.3 Å². The van der Waals surface area contributed by atoms with E-state index in [4.69, 9.17) is 4.74 Å². The third-order valence-electron chi connectivity index (χ3n) is 4.74. The van der Waals surface area contributed by atoms with Crippen molar-refractivity contribution >= 4 is 28.6 Å². The van der Waals surface area contributed by atoms with E-state index in [1.54, 1.807) is 24.3 Å². The maximum atomic E-state index is 12.4. The first-order valence-electron chi connectivity index (χ1n) is 9.70. The minimum Gasteiger partial charge on any atom is -0.451 e. The number of amides is 1. The summed E-state index contributed by atoms with van der Waals surface area (Å²) in [7, 11) is 0. The molecule has 2 aromatic carbocycles. The Morgan fingerprint density at radius 1 is 1.10 bits per heavy atom. The molecule has 3 rings (SSSR count). The summed E-state index contributed by atoms with van der Waals surface area (Å²) >= 11 is 0. The zero-order chi connectivity index (χ0) is 21.9. The van der Waals surface area contributed by atoms with Crippen LogP contribution in [0.3, 0.4) is 0 Å². The Morgan fingerprint density at radius 3 is 2.43 bits per heavy atom. The SMILES string of the molecule is CC(OC(=O)Cn1c(=O)cnc2ccccc21)C(=O)Nc1ccc(C(C)(C)C)cc1. The largest absolute Gasteiger partial charge is 0.451 e. The van der Waals surface area contributed by atoms with Crippen molar-refractivity contribution in [2.24, 2.45) is 0 Å². The Balaban J connectivity index is 1.64. The van der Waals surface area contributed by atoms with Gasteiger partial charge in [0.2, 0.25) is 0 Å². The summed E-state index contributed by atoms with van der Waals surface area (Å²) in [5, 5.41) is 2.74. The van der Waals surface area contributed by atoms with Crippen LogP contribution in [0, 0.1) is 0 Å². The Hall–Kier alpha value is -3.48. The quantitative estimate of drug-likeness (QED) is 0.656. The highest BCUT2D eigenvalue weighted by Crippen LogP contribution is 2.23. The molecule has 1 unspecified atom stereocenters. The highest BCUT2D eigenvalue weighted by molar-refractivity contribution is 5.95. The van der Waals surface area contributed by atoms with Crippen LogP contribution in [0.2, 0.25) is 0 Å². The van der Waals surface area contributed by atoms with Gasteiger partial charge in [-0.25, -0.2) is 4.98 Å². The zero-order valence-electron chi connectivity index (χ0n) is 17.5. The molecule has 7 nitrogen and oxygen atoms in total. The van der Waals surface area contributed by atoms with Crippen LogP contribution in [0.4, 0.5) is 5.69 Å². The predicted molar refractivity (Wildman–Crippen MR) is 115 cm³/mol. The number of ether oxygens (including phenoxy) is 1. The van der Waals surface area contributed by atoms with Gasteiger partial charge in [0.15, 0.2) is 6.10 Å². The Kier molecular flexibility index (Phi) is 6.01. The number of aromatic nitrogens is 2. The van der Waals surface area contributed by atoms with Crippen LogP contribution in [0.15, 0.2) is 59.5 Å². The summed E-state index contributed by atoms with van der Waals surface area (Å²) in [5.74, 6) is -1.13. The third kappa shape index (κ3) is 4.92. The number of carbonyl (C=O) groups excluding carboxylic acids is 2. The van der Waals surface area contributed by atoms with Crippen molar-refractivity contribution < 1.29 is 14.3 Å². The third-order valence-corrected chi connectivity index (χ3v) is 4.74. The topological polar surface area (TPSA) is 90.3 Å². The van der Waals surface area contributed by atoms with Crippen molar-refractivity contribution in [3.8, 4) is 0 Å². The fourth-order valence-corrected chi connectivity index (χ4v) is 2.99. The second-order valence-corrected chi connectivity index (χ2v) is 8.12. The summed E-state index contributed by atoms with van der Waals surface area (Å²) in [4.78, 5) is 40.9. The highest BCUT2D eigenvalue weighted by Gasteiger charge is 2.20. The molecule has 0 spiro atoms. The van der Waals surface area contributed by atoms with E-state index in [0.29, 0.717) is 16.7 Å². The van der Waals surface area contributed by atoms with Gasteiger partial charge in [-0.15, -0.1) is 0 Å². The van der Waals surface area contributed by atoms with Gasteiger partial charge in [0.1, 0.15) is 6.54 Å². The molecule has 3 aromatic rings. The van der Waals surface area contributed by atoms with Gasteiger partial charge in [-0.2, -0.15) is 0 Å². The van der Waals surface area contributed by atoms with E-state index in [-0.39, 0.29) is 12.0 Å². The van der Waals surface area contributed by atoms with Gasteiger partial charge in [-0.1, -0.05) is 45.0 Å². The van der Waals surface area contributed by atoms with Crippen molar-refractivity contribution in [2.45, 2.75) is 45.8 Å². The molecule has 156 valence electrons. The van der Waals surface area contributed by atoms with E-state index in [9.17, 15) is 14.4 Å². The second kappa shape index (κ2) is 8.49. The Morgan fingerprint density at radius 2 is 1.77 bits per heavy atom. The first-order valence-corrected chi connectivity index (χ1v) is 9.70. The highest BCUT2D eigenvalue weighted by atomic mass is 16.5. The lowest BCUT2D eigenvalue weighted by molar-refractivity contribution is -0.153. The van der Waals surface area contributed by atoms with Gasteiger partial charge >= 0.3 is 5.97 Å². The summed E-state index contributed by atoms with van der Waals surface area (Å²) in [6.45, 7) is 7.52. The average molecular weight is 407 g/mol. The van der Waals surface area contributed by atoms with Crippen LogP contribution >= 0.6 is 0 Å². The number of nitrogens with zero attached hydrogens (tertiary/aromatic N) is 2. The van der Waals surface area contributed by atoms with Crippen LogP contribution in [0.5, 0.6) is 0 Å². The van der Waals surface area contributed by atoms with E-state index >= 15 is 0 Å². The van der Waals surface area contributed by atoms with Crippen molar-refractivity contribution in [3.05, 3.63) is 70.6 Å². The van der Waals surface area contributed by atoms with Gasteiger partial charge in [0.25, 0.3) is 11.5 Å². The number of rotatable bonds is 5. The average Bonchev–Trinajstić information content (AvgIpc) is 2.70. The number of hydrogen-bond donors (Lipinski definition) is 1. The number of anilines is 1. The van der Waals surface area contributed by atoms with Crippen molar-refractivity contribution in [3.63, 3.8) is 0 Å². The number of hydrogen-bond acceptors (Lipinski definition) is 5. The molecule has 0 aliphatic carbocycles. The van der Waals surface area contributed by atoms with Gasteiger partial charge in [0, 0.05) is 5.69 Å². The van der Waals surface area contributed by atoms with Crippen molar-refractivity contribution in [2.75, 3.05) is 5.32 Å². The maximum absolute atomic E-state index is 12.4. The lowest BCUT2D eigenvalue weighted by atomic mass is 9.87. The second-order valence-electron chi connectivity index (χ2n) is 8.12. The number of para-hydroxylation sites is 2. The molecule has 1 N–H and O–H groups in total. The van der Waals surface area contributed by atoms with E-state index in [1.807, 2.05) is 24.3 Å². The molecule has 7 heteroatoms. The minimum absolute atomic E-state index is 0.0145. The molecule has 0 radical (unpaired) electrons. The van der Waals surface area contributed by atoms with E-state index in [2.05, 4.69) is 31.1 Å².